The molecule has 0 aliphatic rings. The van der Waals surface area contributed by atoms with Crippen LogP contribution in [0.5, 0.6) is 0 Å². The largest absolute Gasteiger partial charge is 0.464 e. The number of hydrogen-bond donors (Lipinski definition) is 0. The quantitative estimate of drug-likeness (QED) is 0.626. The molecule has 3 aromatic rings. The molecule has 0 bridgehead atoms. The standard InChI is InChI=1S/C16H13NO/c1-12-7-8-16-14(11-12)15(9-10-18-16)17-13-5-3-2-4-6-13/h2-11H,1H3. The van der Waals surface area contributed by atoms with Crippen molar-refractivity contribution in [1.82, 2.24) is 0 Å². The van der Waals surface area contributed by atoms with Crippen molar-refractivity contribution in [2.75, 3.05) is 0 Å². The first kappa shape index (κ1) is 10.8. The van der Waals surface area contributed by atoms with Crippen LogP contribution >= 0.6 is 0 Å². The van der Waals surface area contributed by atoms with Crippen molar-refractivity contribution < 1.29 is 4.42 Å². The number of fused-ring (bicyclic) bond motifs is 1. The Kier molecular flexibility index (Phi) is 2.69. The molecule has 0 aliphatic carbocycles. The minimum atomic E-state index is 0.859. The van der Waals surface area contributed by atoms with E-state index in [9.17, 15) is 0 Å². The van der Waals surface area contributed by atoms with Gasteiger partial charge < -0.3 is 4.42 Å². The Morgan fingerprint density at radius 3 is 2.61 bits per heavy atom. The lowest BCUT2D eigenvalue weighted by molar-refractivity contribution is 0.602. The van der Waals surface area contributed by atoms with Crippen LogP contribution < -0.4 is 5.36 Å². The van der Waals surface area contributed by atoms with Crippen LogP contribution in [-0.4, -0.2) is 0 Å². The summed E-state index contributed by atoms with van der Waals surface area (Å²) < 4.78 is 5.48. The van der Waals surface area contributed by atoms with E-state index in [2.05, 4.69) is 18.0 Å². The molecule has 1 aromatic heterocycles. The average molecular weight is 235 g/mol. The number of rotatable bonds is 1. The lowest BCUT2D eigenvalue weighted by atomic mass is 10.1. The fourth-order valence-electron chi connectivity index (χ4n) is 1.95. The van der Waals surface area contributed by atoms with E-state index in [0.717, 1.165) is 22.0 Å². The Bertz CT molecular complexity index is 742. The van der Waals surface area contributed by atoms with Crippen LogP contribution in [-0.2, 0) is 0 Å². The monoisotopic (exact) mass is 235 g/mol. The number of hydrogen-bond acceptors (Lipinski definition) is 2. The maximum Gasteiger partial charge on any atom is 0.135 e. The van der Waals surface area contributed by atoms with Crippen LogP contribution in [0.15, 0.2) is 70.3 Å². The molecule has 0 N–H and O–H groups in total. The van der Waals surface area contributed by atoms with Gasteiger partial charge in [0, 0.05) is 5.39 Å². The van der Waals surface area contributed by atoms with Gasteiger partial charge >= 0.3 is 0 Å². The van der Waals surface area contributed by atoms with Crippen LogP contribution in [0, 0.1) is 6.92 Å². The topological polar surface area (TPSA) is 25.5 Å². The second-order valence-corrected chi connectivity index (χ2v) is 4.25. The Labute approximate surface area is 105 Å². The van der Waals surface area contributed by atoms with Crippen LogP contribution in [0.4, 0.5) is 5.69 Å². The summed E-state index contributed by atoms with van der Waals surface area (Å²) in [4.78, 5) is 4.65. The molecule has 0 unspecified atom stereocenters. The van der Waals surface area contributed by atoms with Crippen molar-refractivity contribution in [3.05, 3.63) is 71.8 Å². The molecule has 0 amide bonds. The molecule has 1 heterocycles. The van der Waals surface area contributed by atoms with Gasteiger partial charge in [0.1, 0.15) is 5.58 Å². The number of nitrogens with zero attached hydrogens (tertiary/aromatic N) is 1. The zero-order valence-corrected chi connectivity index (χ0v) is 10.1. The van der Waals surface area contributed by atoms with Crippen molar-refractivity contribution >= 4 is 16.7 Å². The molecule has 0 saturated heterocycles. The lowest BCUT2D eigenvalue weighted by Crippen LogP contribution is -2.01. The second-order valence-electron chi connectivity index (χ2n) is 4.25. The van der Waals surface area contributed by atoms with Gasteiger partial charge in [-0.3, -0.25) is 0 Å². The highest BCUT2D eigenvalue weighted by atomic mass is 16.3. The number of aryl methyl sites for hydroxylation is 1. The first-order chi connectivity index (χ1) is 8.83. The van der Waals surface area contributed by atoms with Gasteiger partial charge in [-0.05, 0) is 37.3 Å². The van der Waals surface area contributed by atoms with Gasteiger partial charge in [-0.15, -0.1) is 0 Å². The van der Waals surface area contributed by atoms with E-state index in [0.29, 0.717) is 0 Å². The van der Waals surface area contributed by atoms with Crippen molar-refractivity contribution in [1.29, 1.82) is 0 Å². The van der Waals surface area contributed by atoms with E-state index >= 15 is 0 Å². The average Bonchev–Trinajstić information content (AvgIpc) is 2.41. The van der Waals surface area contributed by atoms with Gasteiger partial charge in [0.25, 0.3) is 0 Å². The van der Waals surface area contributed by atoms with Crippen molar-refractivity contribution in [3.8, 4) is 0 Å². The van der Waals surface area contributed by atoms with Gasteiger partial charge in [0.15, 0.2) is 0 Å². The summed E-state index contributed by atoms with van der Waals surface area (Å²) >= 11 is 0. The Morgan fingerprint density at radius 2 is 1.78 bits per heavy atom. The molecule has 0 spiro atoms. The van der Waals surface area contributed by atoms with Gasteiger partial charge in [0.2, 0.25) is 0 Å². The summed E-state index contributed by atoms with van der Waals surface area (Å²) in [5, 5.41) is 1.98. The molecule has 2 aromatic carbocycles. The van der Waals surface area contributed by atoms with Crippen LogP contribution in [0.1, 0.15) is 5.56 Å². The highest BCUT2D eigenvalue weighted by Crippen LogP contribution is 2.14. The van der Waals surface area contributed by atoms with Crippen molar-refractivity contribution in [2.45, 2.75) is 6.92 Å². The Balaban J connectivity index is 2.29. The molecule has 0 atom stereocenters. The third-order valence-electron chi connectivity index (χ3n) is 2.84. The van der Waals surface area contributed by atoms with Gasteiger partial charge in [0.05, 0.1) is 17.3 Å². The normalized spacial score (nSPS) is 11.9. The second kappa shape index (κ2) is 4.49. The minimum absolute atomic E-state index is 0.859. The molecule has 0 saturated carbocycles. The molecule has 0 aliphatic heterocycles. The fourth-order valence-corrected chi connectivity index (χ4v) is 1.95. The molecule has 88 valence electrons. The summed E-state index contributed by atoms with van der Waals surface area (Å²) in [5.41, 5.74) is 3.01. The Morgan fingerprint density at radius 1 is 0.944 bits per heavy atom. The van der Waals surface area contributed by atoms with Gasteiger partial charge in [-0.2, -0.15) is 0 Å². The Hall–Kier alpha value is -2.35. The minimum Gasteiger partial charge on any atom is -0.464 e. The maximum absolute atomic E-state index is 5.48. The van der Waals surface area contributed by atoms with Crippen LogP contribution in [0.25, 0.3) is 11.0 Å². The zero-order valence-electron chi connectivity index (χ0n) is 10.1. The first-order valence-corrected chi connectivity index (χ1v) is 5.91. The highest BCUT2D eigenvalue weighted by Gasteiger charge is 1.98. The van der Waals surface area contributed by atoms with Gasteiger partial charge in [-0.25, -0.2) is 4.99 Å². The predicted molar refractivity (Wildman–Crippen MR) is 72.6 cm³/mol. The molecule has 0 fully saturated rings. The molecule has 0 radical (unpaired) electrons. The SMILES string of the molecule is Cc1ccc2occc(=Nc3ccccc3)c2c1. The highest BCUT2D eigenvalue weighted by molar-refractivity contribution is 5.76. The zero-order chi connectivity index (χ0) is 12.4. The van der Waals surface area contributed by atoms with E-state index < -0.39 is 0 Å². The smallest absolute Gasteiger partial charge is 0.135 e. The maximum atomic E-state index is 5.48. The number of para-hydroxylation sites is 1. The summed E-state index contributed by atoms with van der Waals surface area (Å²) in [6.45, 7) is 2.07. The van der Waals surface area contributed by atoms with Crippen molar-refractivity contribution in [2.24, 2.45) is 4.99 Å². The van der Waals surface area contributed by atoms with Gasteiger partial charge in [-0.1, -0.05) is 29.8 Å². The predicted octanol–water partition coefficient (Wildman–Crippen LogP) is 3.97. The number of benzene rings is 2. The third kappa shape index (κ3) is 2.05. The summed E-state index contributed by atoms with van der Waals surface area (Å²) in [6.07, 6.45) is 1.68. The molecule has 2 nitrogen and oxygen atoms in total. The van der Waals surface area contributed by atoms with Crippen LogP contribution in [0.3, 0.4) is 0 Å². The van der Waals surface area contributed by atoms with E-state index in [4.69, 9.17) is 4.42 Å². The fraction of sp³-hybridized carbons (Fsp3) is 0.0625. The van der Waals surface area contributed by atoms with Crippen molar-refractivity contribution in [3.63, 3.8) is 0 Å². The van der Waals surface area contributed by atoms with Crippen LogP contribution in [0.2, 0.25) is 0 Å². The van der Waals surface area contributed by atoms with E-state index in [-0.39, 0.29) is 0 Å². The summed E-state index contributed by atoms with van der Waals surface area (Å²) in [5.74, 6) is 0. The molecular formula is C16H13NO. The van der Waals surface area contributed by atoms with E-state index in [1.807, 2.05) is 48.5 Å². The van der Waals surface area contributed by atoms with E-state index in [1.54, 1.807) is 6.26 Å². The molecule has 18 heavy (non-hydrogen) atoms. The third-order valence-corrected chi connectivity index (χ3v) is 2.84. The molecule has 2 heteroatoms. The molecular weight excluding hydrogens is 222 g/mol. The summed E-state index contributed by atoms with van der Waals surface area (Å²) in [7, 11) is 0. The van der Waals surface area contributed by atoms with E-state index in [1.165, 1.54) is 5.56 Å². The summed E-state index contributed by atoms with van der Waals surface area (Å²) in [6, 6.07) is 18.0. The first-order valence-electron chi connectivity index (χ1n) is 5.91. The lowest BCUT2D eigenvalue weighted by Gasteiger charge is -1.99. The molecule has 3 rings (SSSR count).